The normalized spacial score (nSPS) is 31.4. The molecule has 1 aliphatic heterocycles. The summed E-state index contributed by atoms with van der Waals surface area (Å²) in [6.07, 6.45) is 13.2. The van der Waals surface area contributed by atoms with E-state index in [0.717, 1.165) is 18.0 Å². The molecule has 1 N–H and O–H groups in total. The fraction of sp³-hybridized carbons (Fsp3) is 1.00. The van der Waals surface area contributed by atoms with Gasteiger partial charge in [-0.15, -0.1) is 0 Å². The van der Waals surface area contributed by atoms with Crippen LogP contribution >= 0.6 is 0 Å². The Hall–Kier alpha value is -0.0800. The quantitative estimate of drug-likeness (QED) is 0.713. The molecule has 0 aromatic heterocycles. The lowest BCUT2D eigenvalue weighted by molar-refractivity contribution is 0.188. The number of likely N-dealkylation sites (tertiary alicyclic amines) is 1. The molecular formula is C15H28N2. The van der Waals surface area contributed by atoms with Gasteiger partial charge in [0, 0.05) is 12.1 Å². The molecule has 0 radical (unpaired) electrons. The van der Waals surface area contributed by atoms with Crippen LogP contribution in [-0.4, -0.2) is 36.6 Å². The van der Waals surface area contributed by atoms with Crippen molar-refractivity contribution >= 4 is 0 Å². The highest BCUT2D eigenvalue weighted by Gasteiger charge is 2.32. The van der Waals surface area contributed by atoms with Gasteiger partial charge in [-0.2, -0.15) is 0 Å². The summed E-state index contributed by atoms with van der Waals surface area (Å²) in [4.78, 5) is 2.81. The van der Waals surface area contributed by atoms with Gasteiger partial charge >= 0.3 is 0 Å². The van der Waals surface area contributed by atoms with Crippen LogP contribution in [0, 0.1) is 5.92 Å². The van der Waals surface area contributed by atoms with Crippen molar-refractivity contribution in [1.29, 1.82) is 0 Å². The maximum Gasteiger partial charge on any atom is 0.0124 e. The lowest BCUT2D eigenvalue weighted by Gasteiger charge is -2.29. The zero-order valence-electron chi connectivity index (χ0n) is 11.2. The molecule has 0 aromatic rings. The standard InChI is InChI=1S/C15H28N2/c1-2-6-13(5-1)15-7-3-11-17(15)12-4-10-16-14-8-9-14/h13-16H,1-12H2. The molecule has 98 valence electrons. The van der Waals surface area contributed by atoms with Crippen LogP contribution in [-0.2, 0) is 0 Å². The average molecular weight is 236 g/mol. The van der Waals surface area contributed by atoms with E-state index in [-0.39, 0.29) is 0 Å². The van der Waals surface area contributed by atoms with Crippen molar-refractivity contribution in [3.05, 3.63) is 0 Å². The lowest BCUT2D eigenvalue weighted by atomic mass is 9.96. The number of rotatable bonds is 6. The van der Waals surface area contributed by atoms with Crippen LogP contribution in [0.25, 0.3) is 0 Å². The molecule has 3 aliphatic rings. The van der Waals surface area contributed by atoms with Crippen LogP contribution in [0.1, 0.15) is 57.8 Å². The van der Waals surface area contributed by atoms with Crippen molar-refractivity contribution in [1.82, 2.24) is 10.2 Å². The van der Waals surface area contributed by atoms with E-state index in [9.17, 15) is 0 Å². The van der Waals surface area contributed by atoms with Crippen LogP contribution in [0.15, 0.2) is 0 Å². The van der Waals surface area contributed by atoms with E-state index >= 15 is 0 Å². The smallest absolute Gasteiger partial charge is 0.0124 e. The van der Waals surface area contributed by atoms with Gasteiger partial charge in [0.05, 0.1) is 0 Å². The monoisotopic (exact) mass is 236 g/mol. The summed E-state index contributed by atoms with van der Waals surface area (Å²) in [7, 11) is 0. The van der Waals surface area contributed by atoms with Gasteiger partial charge in [0.15, 0.2) is 0 Å². The molecule has 3 fully saturated rings. The molecule has 2 nitrogen and oxygen atoms in total. The van der Waals surface area contributed by atoms with Gasteiger partial charge in [-0.1, -0.05) is 12.8 Å². The summed E-state index contributed by atoms with van der Waals surface area (Å²) in [6, 6.07) is 1.85. The Bertz CT molecular complexity index is 231. The molecule has 1 saturated heterocycles. The molecule has 0 bridgehead atoms. The van der Waals surface area contributed by atoms with Gasteiger partial charge in [0.1, 0.15) is 0 Å². The van der Waals surface area contributed by atoms with Crippen molar-refractivity contribution in [2.45, 2.75) is 69.9 Å². The predicted octanol–water partition coefficient (Wildman–Crippen LogP) is 2.78. The second-order valence-electron chi connectivity index (χ2n) is 6.37. The predicted molar refractivity (Wildman–Crippen MR) is 72.2 cm³/mol. The molecule has 2 heteroatoms. The Labute approximate surface area is 106 Å². The Morgan fingerprint density at radius 1 is 0.941 bits per heavy atom. The summed E-state index contributed by atoms with van der Waals surface area (Å²) >= 11 is 0. The molecule has 2 aliphatic carbocycles. The number of hydrogen-bond acceptors (Lipinski definition) is 2. The third kappa shape index (κ3) is 3.23. The summed E-state index contributed by atoms with van der Waals surface area (Å²) in [5.74, 6) is 1.05. The zero-order chi connectivity index (χ0) is 11.5. The van der Waals surface area contributed by atoms with Gasteiger partial charge in [0.2, 0.25) is 0 Å². The molecule has 1 atom stereocenters. The summed E-state index contributed by atoms with van der Waals surface area (Å²) in [6.45, 7) is 3.98. The first-order valence-electron chi connectivity index (χ1n) is 7.91. The summed E-state index contributed by atoms with van der Waals surface area (Å²) < 4.78 is 0. The topological polar surface area (TPSA) is 15.3 Å². The molecule has 1 heterocycles. The van der Waals surface area contributed by atoms with E-state index < -0.39 is 0 Å². The van der Waals surface area contributed by atoms with Crippen molar-refractivity contribution < 1.29 is 0 Å². The Kier molecular flexibility index (Phi) is 4.02. The Morgan fingerprint density at radius 3 is 2.53 bits per heavy atom. The SMILES string of the molecule is C1CCC(C2CCCN2CCCNC2CC2)C1. The average Bonchev–Trinajstić information content (AvgIpc) is 2.82. The van der Waals surface area contributed by atoms with E-state index in [1.54, 1.807) is 0 Å². The minimum absolute atomic E-state index is 0.888. The molecule has 0 spiro atoms. The van der Waals surface area contributed by atoms with Crippen molar-refractivity contribution in [2.24, 2.45) is 5.92 Å². The Balaban J connectivity index is 1.38. The van der Waals surface area contributed by atoms with Gasteiger partial charge < -0.3 is 10.2 Å². The van der Waals surface area contributed by atoms with Crippen LogP contribution in [0.5, 0.6) is 0 Å². The van der Waals surface area contributed by atoms with Gasteiger partial charge in [0.25, 0.3) is 0 Å². The van der Waals surface area contributed by atoms with Gasteiger partial charge in [-0.3, -0.25) is 0 Å². The van der Waals surface area contributed by atoms with E-state index in [0.29, 0.717) is 0 Å². The third-order valence-corrected chi connectivity index (χ3v) is 4.99. The molecular weight excluding hydrogens is 208 g/mol. The van der Waals surface area contributed by atoms with E-state index in [4.69, 9.17) is 0 Å². The van der Waals surface area contributed by atoms with Crippen LogP contribution < -0.4 is 5.32 Å². The molecule has 0 aromatic carbocycles. The fourth-order valence-corrected chi connectivity index (χ4v) is 3.88. The largest absolute Gasteiger partial charge is 0.314 e. The second-order valence-corrected chi connectivity index (χ2v) is 6.37. The van der Waals surface area contributed by atoms with Gasteiger partial charge in [-0.05, 0) is 70.5 Å². The fourth-order valence-electron chi connectivity index (χ4n) is 3.88. The van der Waals surface area contributed by atoms with Gasteiger partial charge in [-0.25, -0.2) is 0 Å². The maximum absolute atomic E-state index is 3.64. The zero-order valence-corrected chi connectivity index (χ0v) is 11.2. The summed E-state index contributed by atoms with van der Waals surface area (Å²) in [5.41, 5.74) is 0. The second kappa shape index (κ2) is 5.71. The van der Waals surface area contributed by atoms with Crippen LogP contribution in [0.4, 0.5) is 0 Å². The highest BCUT2D eigenvalue weighted by atomic mass is 15.2. The summed E-state index contributed by atoms with van der Waals surface area (Å²) in [5, 5.41) is 3.64. The maximum atomic E-state index is 3.64. The minimum atomic E-state index is 0.888. The first-order chi connectivity index (χ1) is 8.43. The number of hydrogen-bond donors (Lipinski definition) is 1. The minimum Gasteiger partial charge on any atom is -0.314 e. The molecule has 3 rings (SSSR count). The first-order valence-corrected chi connectivity index (χ1v) is 7.91. The molecule has 0 amide bonds. The van der Waals surface area contributed by atoms with Crippen molar-refractivity contribution in [3.63, 3.8) is 0 Å². The number of nitrogens with one attached hydrogen (secondary N) is 1. The highest BCUT2D eigenvalue weighted by molar-refractivity contribution is 4.87. The van der Waals surface area contributed by atoms with Crippen molar-refractivity contribution in [2.75, 3.05) is 19.6 Å². The third-order valence-electron chi connectivity index (χ3n) is 4.99. The Morgan fingerprint density at radius 2 is 1.76 bits per heavy atom. The van der Waals surface area contributed by atoms with Crippen molar-refractivity contribution in [3.8, 4) is 0 Å². The molecule has 17 heavy (non-hydrogen) atoms. The molecule has 1 unspecified atom stereocenters. The van der Waals surface area contributed by atoms with Crippen LogP contribution in [0.2, 0.25) is 0 Å². The first kappa shape index (κ1) is 12.0. The highest BCUT2D eigenvalue weighted by Crippen LogP contribution is 2.35. The van der Waals surface area contributed by atoms with E-state index in [1.807, 2.05) is 0 Å². The van der Waals surface area contributed by atoms with E-state index in [2.05, 4.69) is 10.2 Å². The lowest BCUT2D eigenvalue weighted by Crippen LogP contribution is -2.36. The van der Waals surface area contributed by atoms with Crippen LogP contribution in [0.3, 0.4) is 0 Å². The number of nitrogens with zero attached hydrogens (tertiary/aromatic N) is 1. The molecule has 2 saturated carbocycles. The van der Waals surface area contributed by atoms with E-state index in [1.165, 1.54) is 77.4 Å².